The summed E-state index contributed by atoms with van der Waals surface area (Å²) in [7, 11) is -2.18. The number of nitrogens with one attached hydrogen (secondary N) is 3. The quantitative estimate of drug-likeness (QED) is 0.652. The molecule has 3 N–H and O–H groups in total. The molecule has 0 saturated carbocycles. The third-order valence-corrected chi connectivity index (χ3v) is 5.24. The normalized spacial score (nSPS) is 11.1. The summed E-state index contributed by atoms with van der Waals surface area (Å²) in [6.45, 7) is 5.69. The number of rotatable bonds is 6. The Balaban J connectivity index is 2.24. The van der Waals surface area contributed by atoms with Crippen molar-refractivity contribution in [3.63, 3.8) is 0 Å². The fraction of sp³-hybridized carbons (Fsp3) is 0.278. The van der Waals surface area contributed by atoms with E-state index in [0.717, 1.165) is 0 Å². The first kappa shape index (κ1) is 20.0. The van der Waals surface area contributed by atoms with Crippen LogP contribution in [-0.2, 0) is 10.0 Å². The van der Waals surface area contributed by atoms with E-state index in [1.807, 2.05) is 13.8 Å². The number of hydrogen-bond donors (Lipinski definition) is 3. The molecule has 0 aliphatic carbocycles. The van der Waals surface area contributed by atoms with Gasteiger partial charge in [-0.2, -0.15) is 0 Å². The molecule has 140 valence electrons. The van der Waals surface area contributed by atoms with Crippen molar-refractivity contribution >= 4 is 38.7 Å². The number of anilines is 2. The predicted octanol–water partition coefficient (Wildman–Crippen LogP) is 3.50. The van der Waals surface area contributed by atoms with Gasteiger partial charge in [0.25, 0.3) is 10.0 Å². The van der Waals surface area contributed by atoms with Crippen molar-refractivity contribution in [3.05, 3.63) is 48.0 Å². The second-order valence-corrected chi connectivity index (χ2v) is 8.13. The number of thiocarbonyl (C=S) groups is 1. The van der Waals surface area contributed by atoms with Crippen LogP contribution in [0, 0.1) is 6.92 Å². The fourth-order valence-corrected chi connectivity index (χ4v) is 3.95. The third-order valence-electron chi connectivity index (χ3n) is 3.50. The molecule has 0 fully saturated rings. The molecule has 2 aromatic carbocycles. The summed E-state index contributed by atoms with van der Waals surface area (Å²) >= 11 is 5.21. The van der Waals surface area contributed by atoms with E-state index in [2.05, 4.69) is 15.4 Å². The predicted molar refractivity (Wildman–Crippen MR) is 109 cm³/mol. The highest BCUT2D eigenvalue weighted by Gasteiger charge is 2.18. The minimum atomic E-state index is -3.74. The van der Waals surface area contributed by atoms with Crippen molar-refractivity contribution in [2.75, 3.05) is 17.1 Å². The molecule has 0 aliphatic heterocycles. The molecule has 0 amide bonds. The van der Waals surface area contributed by atoms with Gasteiger partial charge in [-0.05, 0) is 75.0 Å². The Kier molecular flexibility index (Phi) is 6.44. The van der Waals surface area contributed by atoms with Crippen LogP contribution >= 0.6 is 12.2 Å². The highest BCUT2D eigenvalue weighted by Crippen LogP contribution is 2.24. The van der Waals surface area contributed by atoms with Crippen LogP contribution in [0.4, 0.5) is 11.4 Å². The molecule has 0 atom stereocenters. The summed E-state index contributed by atoms with van der Waals surface area (Å²) in [5.41, 5.74) is 1.70. The highest BCUT2D eigenvalue weighted by atomic mass is 32.2. The molecule has 0 aromatic heterocycles. The Morgan fingerprint density at radius 2 is 1.69 bits per heavy atom. The van der Waals surface area contributed by atoms with Crippen molar-refractivity contribution in [1.82, 2.24) is 5.32 Å². The van der Waals surface area contributed by atoms with E-state index >= 15 is 0 Å². The zero-order valence-corrected chi connectivity index (χ0v) is 16.8. The number of benzene rings is 2. The van der Waals surface area contributed by atoms with Crippen LogP contribution in [0.5, 0.6) is 5.75 Å². The molecule has 6 nitrogen and oxygen atoms in total. The van der Waals surface area contributed by atoms with E-state index < -0.39 is 10.0 Å². The lowest BCUT2D eigenvalue weighted by Gasteiger charge is -2.15. The van der Waals surface area contributed by atoms with Crippen LogP contribution in [0.1, 0.15) is 19.4 Å². The molecule has 0 bridgehead atoms. The Bertz CT molecular complexity index is 879. The number of hydrogen-bond acceptors (Lipinski definition) is 4. The van der Waals surface area contributed by atoms with E-state index in [1.54, 1.807) is 56.5 Å². The zero-order chi connectivity index (χ0) is 19.3. The largest absolute Gasteiger partial charge is 0.497 e. The molecule has 0 spiro atoms. The average Bonchev–Trinajstić information content (AvgIpc) is 2.56. The van der Waals surface area contributed by atoms with Crippen molar-refractivity contribution in [2.45, 2.75) is 31.7 Å². The van der Waals surface area contributed by atoms with Gasteiger partial charge in [-0.1, -0.05) is 6.07 Å². The van der Waals surface area contributed by atoms with Gasteiger partial charge in [0.1, 0.15) is 5.75 Å². The van der Waals surface area contributed by atoms with Crippen LogP contribution < -0.4 is 20.1 Å². The summed E-state index contributed by atoms with van der Waals surface area (Å²) in [4.78, 5) is 0.186. The Morgan fingerprint density at radius 1 is 1.08 bits per heavy atom. The summed E-state index contributed by atoms with van der Waals surface area (Å²) in [5, 5.41) is 6.50. The number of aryl methyl sites for hydroxylation is 1. The number of ether oxygens (including phenoxy) is 1. The molecule has 0 aliphatic rings. The standard InChI is InChI=1S/C18H23N3O3S2/c1-12(2)19-18(25)20-15-6-5-13(3)17(11-15)26(22,23)21-14-7-9-16(24-4)10-8-14/h5-12,21H,1-4H3,(H2,19,20,25). The van der Waals surface area contributed by atoms with Crippen LogP contribution in [0.2, 0.25) is 0 Å². The maximum absolute atomic E-state index is 12.8. The zero-order valence-electron chi connectivity index (χ0n) is 15.2. The third kappa shape index (κ3) is 5.34. The van der Waals surface area contributed by atoms with Crippen LogP contribution in [0.15, 0.2) is 47.4 Å². The molecule has 0 saturated heterocycles. The molecular weight excluding hydrogens is 370 g/mol. The van der Waals surface area contributed by atoms with Crippen molar-refractivity contribution in [1.29, 1.82) is 0 Å². The Hall–Kier alpha value is -2.32. The van der Waals surface area contributed by atoms with Crippen LogP contribution in [-0.4, -0.2) is 26.7 Å². The number of sulfonamides is 1. The lowest BCUT2D eigenvalue weighted by molar-refractivity contribution is 0.415. The second-order valence-electron chi connectivity index (χ2n) is 6.07. The van der Waals surface area contributed by atoms with Gasteiger partial charge < -0.3 is 15.4 Å². The van der Waals surface area contributed by atoms with Gasteiger partial charge in [-0.15, -0.1) is 0 Å². The molecule has 2 aromatic rings. The highest BCUT2D eigenvalue weighted by molar-refractivity contribution is 7.92. The smallest absolute Gasteiger partial charge is 0.262 e. The fourth-order valence-electron chi connectivity index (χ4n) is 2.27. The first-order valence-electron chi connectivity index (χ1n) is 8.06. The Labute approximate surface area is 160 Å². The monoisotopic (exact) mass is 393 g/mol. The topological polar surface area (TPSA) is 79.5 Å². The lowest BCUT2D eigenvalue weighted by atomic mass is 10.2. The van der Waals surface area contributed by atoms with Gasteiger partial charge in [0, 0.05) is 17.4 Å². The SMILES string of the molecule is COc1ccc(NS(=O)(=O)c2cc(NC(=S)NC(C)C)ccc2C)cc1. The van der Waals surface area contributed by atoms with E-state index in [1.165, 1.54) is 0 Å². The first-order chi connectivity index (χ1) is 12.2. The molecule has 0 unspecified atom stereocenters. The van der Waals surface area contributed by atoms with E-state index in [0.29, 0.717) is 27.8 Å². The van der Waals surface area contributed by atoms with E-state index in [4.69, 9.17) is 17.0 Å². The maximum atomic E-state index is 12.8. The molecule has 8 heteroatoms. The lowest BCUT2D eigenvalue weighted by Crippen LogP contribution is -2.33. The van der Waals surface area contributed by atoms with Crippen molar-refractivity contribution in [3.8, 4) is 5.75 Å². The van der Waals surface area contributed by atoms with Gasteiger partial charge in [-0.3, -0.25) is 4.72 Å². The molecule has 2 rings (SSSR count). The minimum Gasteiger partial charge on any atom is -0.497 e. The van der Waals surface area contributed by atoms with Gasteiger partial charge in [0.05, 0.1) is 12.0 Å². The van der Waals surface area contributed by atoms with Gasteiger partial charge in [-0.25, -0.2) is 8.42 Å². The molecule has 0 radical (unpaired) electrons. The maximum Gasteiger partial charge on any atom is 0.262 e. The van der Waals surface area contributed by atoms with Gasteiger partial charge in [0.15, 0.2) is 5.11 Å². The number of methoxy groups -OCH3 is 1. The summed E-state index contributed by atoms with van der Waals surface area (Å²) in [6.07, 6.45) is 0. The van der Waals surface area contributed by atoms with Gasteiger partial charge >= 0.3 is 0 Å². The Morgan fingerprint density at radius 3 is 2.27 bits per heavy atom. The molecule has 0 heterocycles. The van der Waals surface area contributed by atoms with Crippen molar-refractivity contribution in [2.24, 2.45) is 0 Å². The first-order valence-corrected chi connectivity index (χ1v) is 9.95. The summed E-state index contributed by atoms with van der Waals surface area (Å²) < 4.78 is 33.2. The second kappa shape index (κ2) is 8.37. The van der Waals surface area contributed by atoms with Gasteiger partial charge in [0.2, 0.25) is 0 Å². The summed E-state index contributed by atoms with van der Waals surface area (Å²) in [6, 6.07) is 12.0. The van der Waals surface area contributed by atoms with E-state index in [-0.39, 0.29) is 10.9 Å². The molecular formula is C18H23N3O3S2. The minimum absolute atomic E-state index is 0.181. The average molecular weight is 394 g/mol. The van der Waals surface area contributed by atoms with Crippen LogP contribution in [0.3, 0.4) is 0 Å². The van der Waals surface area contributed by atoms with E-state index in [9.17, 15) is 8.42 Å². The molecule has 26 heavy (non-hydrogen) atoms. The van der Waals surface area contributed by atoms with Crippen LogP contribution in [0.25, 0.3) is 0 Å². The summed E-state index contributed by atoms with van der Waals surface area (Å²) in [5.74, 6) is 0.654. The van der Waals surface area contributed by atoms with Crippen molar-refractivity contribution < 1.29 is 13.2 Å².